The third-order valence-electron chi connectivity index (χ3n) is 10.5. The second-order valence-corrected chi connectivity index (χ2v) is 17.6. The van der Waals surface area contributed by atoms with E-state index in [0.717, 1.165) is 41.2 Å². The quantitative estimate of drug-likeness (QED) is 0.0917. The van der Waals surface area contributed by atoms with Gasteiger partial charge >= 0.3 is 5.97 Å². The van der Waals surface area contributed by atoms with Crippen molar-refractivity contribution in [1.29, 1.82) is 0 Å². The molecule has 5 rings (SSSR count). The van der Waals surface area contributed by atoms with E-state index in [1.807, 2.05) is 54.6 Å². The smallest absolute Gasteiger partial charge is 0.303 e. The zero-order chi connectivity index (χ0) is 37.7. The minimum atomic E-state index is -4.29. The van der Waals surface area contributed by atoms with Crippen LogP contribution in [0.3, 0.4) is 0 Å². The molecule has 0 aliphatic carbocycles. The summed E-state index contributed by atoms with van der Waals surface area (Å²) in [5.74, 6) is -1.19. The van der Waals surface area contributed by atoms with Gasteiger partial charge < -0.3 is 14.6 Å². The number of para-hydroxylation sites is 2. The maximum absolute atomic E-state index is 12.2. The zero-order valence-corrected chi connectivity index (χ0v) is 31.6. The van der Waals surface area contributed by atoms with Crippen molar-refractivity contribution in [3.8, 4) is 0 Å². The topological polar surface area (TPSA) is 162 Å². The molecule has 0 saturated heterocycles. The summed E-state index contributed by atoms with van der Waals surface area (Å²) in [5, 5.41) is 14.6. The number of carboxylic acid groups (broad SMARTS) is 1. The van der Waals surface area contributed by atoms with Crippen LogP contribution in [0.5, 0.6) is 0 Å². The summed E-state index contributed by atoms with van der Waals surface area (Å²) < 4.78 is 58.5. The number of nitrogens with two attached hydrogens (primary N) is 1. The Morgan fingerprint density at radius 1 is 0.885 bits per heavy atom. The average molecular weight is 748 g/mol. The lowest BCUT2D eigenvalue weighted by Crippen LogP contribution is -3.06. The van der Waals surface area contributed by atoms with Gasteiger partial charge in [-0.05, 0) is 86.7 Å². The van der Waals surface area contributed by atoms with Gasteiger partial charge in [0.2, 0.25) is 10.0 Å². The van der Waals surface area contributed by atoms with E-state index in [9.17, 15) is 26.2 Å². The molecular formula is C40H49N3O7S2. The van der Waals surface area contributed by atoms with Crippen LogP contribution in [0.4, 0.5) is 17.1 Å². The van der Waals surface area contributed by atoms with Gasteiger partial charge in [-0.25, -0.2) is 22.0 Å². The van der Waals surface area contributed by atoms with Gasteiger partial charge in [0, 0.05) is 41.1 Å². The molecule has 0 aromatic heterocycles. The Kier molecular flexibility index (Phi) is 12.0. The minimum absolute atomic E-state index is 0.0282. The van der Waals surface area contributed by atoms with Crippen LogP contribution in [0.15, 0.2) is 114 Å². The van der Waals surface area contributed by atoms with Crippen LogP contribution in [0.2, 0.25) is 0 Å². The van der Waals surface area contributed by atoms with Crippen LogP contribution in [0.25, 0.3) is 0 Å². The van der Waals surface area contributed by atoms with Gasteiger partial charge in [0.05, 0.1) is 20.4 Å². The van der Waals surface area contributed by atoms with E-state index in [4.69, 9.17) is 10.2 Å². The molecule has 0 bridgehead atoms. The standard InChI is InChI=1S/C40H49N3O7S2/c1-39(2)33-29-31(52(41,49)50)24-25-34(33)42(27-15-6-11-23-38(44)45)36(39)21-9-5-10-22-37-40(3,26-14-16-28-51(46,47)48)32-19-12-13-20-35(32)43(37)30-17-7-4-8-18-30/h4-5,7-10,12-13,17-22,24-25,29,37H,6,11,14-16,23,26-28H2,1-3H3,(H,44,45)(H2,41,49,50)(H,46,47,48)/b9-5+,22-10+,36-21+. The fourth-order valence-electron chi connectivity index (χ4n) is 7.87. The zero-order valence-electron chi connectivity index (χ0n) is 30.0. The number of sulfonamides is 1. The third-order valence-corrected chi connectivity index (χ3v) is 12.2. The lowest BCUT2D eigenvalue weighted by atomic mass is 9.74. The first kappa shape index (κ1) is 39.1. The molecule has 52 heavy (non-hydrogen) atoms. The maximum atomic E-state index is 12.2. The lowest BCUT2D eigenvalue weighted by molar-refractivity contribution is -0.780. The predicted octanol–water partition coefficient (Wildman–Crippen LogP) is 5.98. The van der Waals surface area contributed by atoms with Crippen molar-refractivity contribution in [1.82, 2.24) is 0 Å². The number of fused-ring (bicyclic) bond motifs is 2. The molecule has 12 heteroatoms. The average Bonchev–Trinajstić information content (AvgIpc) is 3.45. The van der Waals surface area contributed by atoms with E-state index in [-0.39, 0.29) is 28.5 Å². The van der Waals surface area contributed by atoms with Crippen LogP contribution in [0, 0.1) is 0 Å². The number of benzene rings is 3. The first-order valence-corrected chi connectivity index (χ1v) is 20.8. The minimum Gasteiger partial charge on any atom is -0.748 e. The fourth-order valence-corrected chi connectivity index (χ4v) is 8.97. The van der Waals surface area contributed by atoms with Crippen LogP contribution in [-0.4, -0.2) is 50.8 Å². The van der Waals surface area contributed by atoms with E-state index in [1.54, 1.807) is 12.1 Å². The van der Waals surface area contributed by atoms with Gasteiger partial charge in [0.1, 0.15) is 17.4 Å². The Balaban J connectivity index is 1.46. The van der Waals surface area contributed by atoms with Crippen molar-refractivity contribution < 1.29 is 36.2 Å². The van der Waals surface area contributed by atoms with Crippen LogP contribution in [-0.2, 0) is 35.8 Å². The number of rotatable bonds is 16. The summed E-state index contributed by atoms with van der Waals surface area (Å²) >= 11 is 0. The van der Waals surface area contributed by atoms with Crippen molar-refractivity contribution in [3.63, 3.8) is 0 Å². The van der Waals surface area contributed by atoms with E-state index in [1.165, 1.54) is 16.5 Å². The molecule has 2 aliphatic rings. The number of carbonyl (C=O) groups is 1. The van der Waals surface area contributed by atoms with Crippen LogP contribution < -0.4 is 14.9 Å². The van der Waals surface area contributed by atoms with Gasteiger partial charge in [0.25, 0.3) is 0 Å². The molecule has 0 saturated carbocycles. The highest BCUT2D eigenvalue weighted by Gasteiger charge is 2.51. The Hall–Kier alpha value is -4.07. The second-order valence-electron chi connectivity index (χ2n) is 14.5. The Morgan fingerprint density at radius 3 is 2.29 bits per heavy atom. The third kappa shape index (κ3) is 8.75. The summed E-state index contributed by atoms with van der Waals surface area (Å²) in [5.41, 5.74) is 5.33. The molecule has 10 nitrogen and oxygen atoms in total. The van der Waals surface area contributed by atoms with Gasteiger partial charge in [-0.3, -0.25) is 9.69 Å². The van der Waals surface area contributed by atoms with Gasteiger partial charge in [-0.15, -0.1) is 0 Å². The van der Waals surface area contributed by atoms with Gasteiger partial charge in [-0.1, -0.05) is 81.3 Å². The Morgan fingerprint density at radius 2 is 1.60 bits per heavy atom. The number of hydrogen-bond donors (Lipinski definition) is 3. The summed E-state index contributed by atoms with van der Waals surface area (Å²) in [4.78, 5) is 14.5. The number of hydrogen-bond acceptors (Lipinski definition) is 7. The van der Waals surface area contributed by atoms with E-state index in [2.05, 4.69) is 56.0 Å². The Bertz CT molecular complexity index is 2080. The van der Waals surface area contributed by atoms with Crippen LogP contribution in [0.1, 0.15) is 76.8 Å². The first-order chi connectivity index (χ1) is 24.5. The molecule has 0 amide bonds. The molecule has 0 fully saturated rings. The molecule has 3 aromatic carbocycles. The second kappa shape index (κ2) is 15.9. The van der Waals surface area contributed by atoms with E-state index in [0.29, 0.717) is 32.2 Å². The first-order valence-electron chi connectivity index (χ1n) is 17.7. The molecule has 3 unspecified atom stereocenters. The molecule has 2 heterocycles. The highest BCUT2D eigenvalue weighted by Crippen LogP contribution is 2.48. The normalized spacial score (nSPS) is 22.0. The predicted molar refractivity (Wildman–Crippen MR) is 203 cm³/mol. The summed E-state index contributed by atoms with van der Waals surface area (Å²) in [6.07, 6.45) is 14.1. The van der Waals surface area contributed by atoms with Gasteiger partial charge in [0.15, 0.2) is 0 Å². The van der Waals surface area contributed by atoms with Crippen LogP contribution >= 0.6 is 0 Å². The van der Waals surface area contributed by atoms with Crippen molar-refractivity contribution >= 4 is 43.2 Å². The fraction of sp³-hybridized carbons (Fsp3) is 0.375. The molecule has 3 aromatic rings. The maximum Gasteiger partial charge on any atom is 0.303 e. The van der Waals surface area contributed by atoms with Crippen molar-refractivity contribution in [2.24, 2.45) is 5.14 Å². The summed E-state index contributed by atoms with van der Waals surface area (Å²) in [6, 6.07) is 23.6. The molecule has 278 valence electrons. The van der Waals surface area contributed by atoms with Crippen molar-refractivity contribution in [2.75, 3.05) is 17.2 Å². The molecule has 0 spiro atoms. The number of quaternary nitrogens is 1. The number of primary sulfonamides is 1. The molecule has 0 radical (unpaired) electrons. The highest BCUT2D eigenvalue weighted by molar-refractivity contribution is 7.89. The summed E-state index contributed by atoms with van der Waals surface area (Å²) in [7, 11) is -8.19. The molecule has 2 aliphatic heterocycles. The van der Waals surface area contributed by atoms with Crippen molar-refractivity contribution in [2.45, 2.75) is 87.5 Å². The number of carboxylic acids is 1. The Labute approximate surface area is 308 Å². The van der Waals surface area contributed by atoms with Gasteiger partial charge in [-0.2, -0.15) is 0 Å². The van der Waals surface area contributed by atoms with Crippen molar-refractivity contribution in [3.05, 3.63) is 120 Å². The number of nitrogens with zero attached hydrogens (tertiary/aromatic N) is 1. The number of unbranched alkanes of at least 4 members (excludes halogenated alkanes) is 3. The monoisotopic (exact) mass is 747 g/mol. The summed E-state index contributed by atoms with van der Waals surface area (Å²) in [6.45, 7) is 6.97. The SMILES string of the molecule is CC1(C)\C(=C/C=C/C=C/C2[NH+](c3ccccc3)c3ccccc3C2(C)CCCCS(=O)(=O)[O-])N(CCCCCC(=O)O)c2ccc(S(N)(=O)=O)cc21. The number of aliphatic carboxylic acids is 1. The molecule has 4 N–H and O–H groups in total. The van der Waals surface area contributed by atoms with E-state index < -0.39 is 31.5 Å². The van der Waals surface area contributed by atoms with E-state index >= 15 is 0 Å². The molecule has 3 atom stereocenters. The number of nitrogens with one attached hydrogen (secondary N) is 1. The largest absolute Gasteiger partial charge is 0.748 e. The number of allylic oxidation sites excluding steroid dienone is 5. The molecular weight excluding hydrogens is 699 g/mol. The lowest BCUT2D eigenvalue weighted by Gasteiger charge is -2.31. The highest BCUT2D eigenvalue weighted by atomic mass is 32.2. The number of anilines is 1.